The van der Waals surface area contributed by atoms with E-state index in [2.05, 4.69) is 31.0 Å². The van der Waals surface area contributed by atoms with Gasteiger partial charge in [-0.1, -0.05) is 27.2 Å². The van der Waals surface area contributed by atoms with Crippen LogP contribution in [0.15, 0.2) is 0 Å². The fourth-order valence-corrected chi connectivity index (χ4v) is 3.80. The van der Waals surface area contributed by atoms with Crippen LogP contribution >= 0.6 is 0 Å². The van der Waals surface area contributed by atoms with Crippen molar-refractivity contribution in [3.8, 4) is 0 Å². The number of hydrogen-bond donors (Lipinski definition) is 1. The largest absolute Gasteiger partial charge is 0.383 e. The minimum absolute atomic E-state index is 0.726. The molecule has 2 atom stereocenters. The van der Waals surface area contributed by atoms with Gasteiger partial charge in [-0.05, 0) is 57.5 Å². The standard InChI is InChI=1S/C18H38N2O/c1-5-12-19-18-10-8-9-16(18)11-13-20(14-15-21-4)17(6-2)7-3/h16-19H,5-15H2,1-4H3. The van der Waals surface area contributed by atoms with Crippen molar-refractivity contribution in [2.45, 2.75) is 77.8 Å². The van der Waals surface area contributed by atoms with Crippen molar-refractivity contribution in [3.05, 3.63) is 0 Å². The first kappa shape index (κ1) is 18.9. The van der Waals surface area contributed by atoms with E-state index in [4.69, 9.17) is 4.74 Å². The van der Waals surface area contributed by atoms with Crippen molar-refractivity contribution < 1.29 is 4.74 Å². The third-order valence-corrected chi connectivity index (χ3v) is 5.14. The van der Waals surface area contributed by atoms with E-state index in [1.165, 1.54) is 58.0 Å². The molecule has 0 aliphatic heterocycles. The molecule has 1 aliphatic rings. The van der Waals surface area contributed by atoms with Crippen molar-refractivity contribution >= 4 is 0 Å². The molecule has 0 aromatic heterocycles. The topological polar surface area (TPSA) is 24.5 Å². The molecule has 0 saturated heterocycles. The summed E-state index contributed by atoms with van der Waals surface area (Å²) in [4.78, 5) is 2.67. The summed E-state index contributed by atoms with van der Waals surface area (Å²) in [7, 11) is 1.81. The van der Waals surface area contributed by atoms with Gasteiger partial charge in [0.25, 0.3) is 0 Å². The summed E-state index contributed by atoms with van der Waals surface area (Å²) < 4.78 is 5.30. The second kappa shape index (κ2) is 11.4. The van der Waals surface area contributed by atoms with Crippen LogP contribution in [0.5, 0.6) is 0 Å². The van der Waals surface area contributed by atoms with Gasteiger partial charge in [0.2, 0.25) is 0 Å². The minimum atomic E-state index is 0.726. The number of rotatable bonds is 12. The molecule has 0 radical (unpaired) electrons. The van der Waals surface area contributed by atoms with Gasteiger partial charge >= 0.3 is 0 Å². The smallest absolute Gasteiger partial charge is 0.0589 e. The van der Waals surface area contributed by atoms with E-state index in [0.29, 0.717) is 0 Å². The van der Waals surface area contributed by atoms with Gasteiger partial charge in [0.05, 0.1) is 6.61 Å². The maximum atomic E-state index is 5.30. The van der Waals surface area contributed by atoms with E-state index < -0.39 is 0 Å². The number of nitrogens with zero attached hydrogens (tertiary/aromatic N) is 1. The van der Waals surface area contributed by atoms with Crippen LogP contribution in [0.25, 0.3) is 0 Å². The van der Waals surface area contributed by atoms with Crippen molar-refractivity contribution in [1.82, 2.24) is 10.2 Å². The maximum Gasteiger partial charge on any atom is 0.0589 e. The molecule has 0 aromatic carbocycles. The highest BCUT2D eigenvalue weighted by Crippen LogP contribution is 2.29. The Morgan fingerprint density at radius 2 is 1.90 bits per heavy atom. The van der Waals surface area contributed by atoms with Crippen molar-refractivity contribution in [1.29, 1.82) is 0 Å². The predicted octanol–water partition coefficient (Wildman–Crippen LogP) is 3.68. The van der Waals surface area contributed by atoms with Crippen LogP contribution in [0.2, 0.25) is 0 Å². The predicted molar refractivity (Wildman–Crippen MR) is 91.9 cm³/mol. The highest BCUT2D eigenvalue weighted by molar-refractivity contribution is 4.84. The molecule has 3 heteroatoms. The normalized spacial score (nSPS) is 22.6. The fraction of sp³-hybridized carbons (Fsp3) is 1.00. The highest BCUT2D eigenvalue weighted by atomic mass is 16.5. The molecule has 1 aliphatic carbocycles. The Hall–Kier alpha value is -0.120. The Morgan fingerprint density at radius 1 is 1.14 bits per heavy atom. The van der Waals surface area contributed by atoms with E-state index in [1.54, 1.807) is 0 Å². The molecule has 1 fully saturated rings. The molecule has 2 unspecified atom stereocenters. The second-order valence-corrected chi connectivity index (χ2v) is 6.54. The Morgan fingerprint density at radius 3 is 2.52 bits per heavy atom. The lowest BCUT2D eigenvalue weighted by Crippen LogP contribution is -2.40. The average Bonchev–Trinajstić information content (AvgIpc) is 2.95. The van der Waals surface area contributed by atoms with Crippen LogP contribution in [0.1, 0.15) is 65.7 Å². The summed E-state index contributed by atoms with van der Waals surface area (Å²) in [5, 5.41) is 3.76. The number of methoxy groups -OCH3 is 1. The summed E-state index contributed by atoms with van der Waals surface area (Å²) in [5.41, 5.74) is 0. The lowest BCUT2D eigenvalue weighted by Gasteiger charge is -2.32. The number of nitrogens with one attached hydrogen (secondary N) is 1. The van der Waals surface area contributed by atoms with Crippen LogP contribution in [0.3, 0.4) is 0 Å². The van der Waals surface area contributed by atoms with Crippen LogP contribution in [-0.2, 0) is 4.74 Å². The first-order valence-electron chi connectivity index (χ1n) is 9.23. The molecule has 3 nitrogen and oxygen atoms in total. The molecule has 0 aromatic rings. The fourth-order valence-electron chi connectivity index (χ4n) is 3.80. The van der Waals surface area contributed by atoms with Crippen molar-refractivity contribution in [2.24, 2.45) is 5.92 Å². The van der Waals surface area contributed by atoms with Crippen LogP contribution in [-0.4, -0.2) is 50.3 Å². The van der Waals surface area contributed by atoms with Crippen LogP contribution in [0, 0.1) is 5.92 Å². The monoisotopic (exact) mass is 298 g/mol. The van der Waals surface area contributed by atoms with Gasteiger partial charge in [-0.2, -0.15) is 0 Å². The maximum absolute atomic E-state index is 5.30. The van der Waals surface area contributed by atoms with E-state index in [1.807, 2.05) is 7.11 Å². The third-order valence-electron chi connectivity index (χ3n) is 5.14. The molecule has 0 heterocycles. The molecule has 0 amide bonds. The Kier molecular flexibility index (Phi) is 10.3. The quantitative estimate of drug-likeness (QED) is 0.595. The summed E-state index contributed by atoms with van der Waals surface area (Å²) >= 11 is 0. The summed E-state index contributed by atoms with van der Waals surface area (Å²) in [6.45, 7) is 11.3. The third kappa shape index (κ3) is 6.66. The first-order chi connectivity index (χ1) is 10.3. The van der Waals surface area contributed by atoms with E-state index in [0.717, 1.165) is 31.2 Å². The second-order valence-electron chi connectivity index (χ2n) is 6.54. The van der Waals surface area contributed by atoms with Gasteiger partial charge in [0.1, 0.15) is 0 Å². The molecule has 0 bridgehead atoms. The molecule has 21 heavy (non-hydrogen) atoms. The van der Waals surface area contributed by atoms with Crippen molar-refractivity contribution in [3.63, 3.8) is 0 Å². The van der Waals surface area contributed by atoms with Crippen LogP contribution < -0.4 is 5.32 Å². The van der Waals surface area contributed by atoms with Gasteiger partial charge in [-0.25, -0.2) is 0 Å². The molecular weight excluding hydrogens is 260 g/mol. The minimum Gasteiger partial charge on any atom is -0.383 e. The van der Waals surface area contributed by atoms with Crippen molar-refractivity contribution in [2.75, 3.05) is 33.4 Å². The van der Waals surface area contributed by atoms with Gasteiger partial charge < -0.3 is 10.1 Å². The average molecular weight is 299 g/mol. The van der Waals surface area contributed by atoms with Gasteiger partial charge in [0.15, 0.2) is 0 Å². The first-order valence-corrected chi connectivity index (χ1v) is 9.23. The van der Waals surface area contributed by atoms with E-state index in [-0.39, 0.29) is 0 Å². The Balaban J connectivity index is 2.42. The zero-order valence-corrected chi connectivity index (χ0v) is 14.9. The Bertz CT molecular complexity index is 243. The number of ether oxygens (including phenoxy) is 1. The highest BCUT2D eigenvalue weighted by Gasteiger charge is 2.27. The number of hydrogen-bond acceptors (Lipinski definition) is 3. The molecule has 1 rings (SSSR count). The molecule has 0 spiro atoms. The summed E-state index contributed by atoms with van der Waals surface area (Å²) in [6, 6.07) is 1.50. The summed E-state index contributed by atoms with van der Waals surface area (Å²) in [5.74, 6) is 0.885. The molecule has 1 N–H and O–H groups in total. The molecule has 1 saturated carbocycles. The van der Waals surface area contributed by atoms with E-state index in [9.17, 15) is 0 Å². The lowest BCUT2D eigenvalue weighted by molar-refractivity contribution is 0.108. The molecule has 126 valence electrons. The van der Waals surface area contributed by atoms with Gasteiger partial charge in [-0.15, -0.1) is 0 Å². The SMILES string of the molecule is CCCNC1CCCC1CCN(CCOC)C(CC)CC. The van der Waals surface area contributed by atoms with Gasteiger partial charge in [-0.3, -0.25) is 4.90 Å². The zero-order chi connectivity index (χ0) is 15.5. The Labute approximate surface area is 132 Å². The summed E-state index contributed by atoms with van der Waals surface area (Å²) in [6.07, 6.45) is 9.31. The molecular formula is C18H38N2O. The van der Waals surface area contributed by atoms with E-state index >= 15 is 0 Å². The zero-order valence-electron chi connectivity index (χ0n) is 14.9. The lowest BCUT2D eigenvalue weighted by atomic mass is 9.98. The van der Waals surface area contributed by atoms with Gasteiger partial charge in [0, 0.05) is 25.7 Å². The van der Waals surface area contributed by atoms with Crippen LogP contribution in [0.4, 0.5) is 0 Å².